The van der Waals surface area contributed by atoms with Crippen LogP contribution in [0.5, 0.6) is 0 Å². The molecule has 0 aliphatic heterocycles. The summed E-state index contributed by atoms with van der Waals surface area (Å²) >= 11 is 7.79. The van der Waals surface area contributed by atoms with Gasteiger partial charge in [-0.05, 0) is 35.0 Å². The van der Waals surface area contributed by atoms with E-state index in [2.05, 4.69) is 38.7 Å². The van der Waals surface area contributed by atoms with Crippen molar-refractivity contribution >= 4 is 34.3 Å². The molecule has 0 atom stereocenters. The number of halogens is 1. The molecule has 0 N–H and O–H groups in total. The Labute approximate surface area is 125 Å². The Morgan fingerprint density at radius 3 is 2.90 bits per heavy atom. The highest BCUT2D eigenvalue weighted by atomic mass is 35.5. The van der Waals surface area contributed by atoms with Gasteiger partial charge in [-0.1, -0.05) is 35.5 Å². The van der Waals surface area contributed by atoms with Gasteiger partial charge in [-0.3, -0.25) is 0 Å². The maximum atomic E-state index is 6.25. The first kappa shape index (κ1) is 13.3. The lowest BCUT2D eigenvalue weighted by atomic mass is 10.1. The van der Waals surface area contributed by atoms with Gasteiger partial charge < -0.3 is 0 Å². The van der Waals surface area contributed by atoms with E-state index < -0.39 is 0 Å². The summed E-state index contributed by atoms with van der Waals surface area (Å²) in [5.41, 5.74) is 3.08. The van der Waals surface area contributed by atoms with Crippen LogP contribution in [0.3, 0.4) is 0 Å². The van der Waals surface area contributed by atoms with E-state index in [-0.39, 0.29) is 0 Å². The van der Waals surface area contributed by atoms with Crippen LogP contribution in [0.4, 0.5) is 0 Å². The van der Waals surface area contributed by atoms with Crippen molar-refractivity contribution < 1.29 is 0 Å². The van der Waals surface area contributed by atoms with Crippen LogP contribution in [0.25, 0.3) is 10.9 Å². The molecule has 0 amide bonds. The summed E-state index contributed by atoms with van der Waals surface area (Å²) in [4.78, 5) is 4.45. The zero-order chi connectivity index (χ0) is 14.1. The van der Waals surface area contributed by atoms with Crippen molar-refractivity contribution in [1.29, 1.82) is 0 Å². The maximum Gasteiger partial charge on any atom is 0.209 e. The van der Waals surface area contributed by atoms with Crippen molar-refractivity contribution in [2.24, 2.45) is 7.05 Å². The Bertz CT molecular complexity index is 771. The largest absolute Gasteiger partial charge is 0.236 e. The molecular formula is C13H12ClN5S. The third-order valence-electron chi connectivity index (χ3n) is 2.94. The van der Waals surface area contributed by atoms with Crippen molar-refractivity contribution in [3.05, 3.63) is 40.5 Å². The van der Waals surface area contributed by atoms with E-state index in [1.165, 1.54) is 17.3 Å². The molecule has 2 heterocycles. The van der Waals surface area contributed by atoms with Crippen LogP contribution in [0.1, 0.15) is 11.1 Å². The summed E-state index contributed by atoms with van der Waals surface area (Å²) in [6.45, 7) is 2.04. The molecule has 0 saturated carbocycles. The van der Waals surface area contributed by atoms with Crippen molar-refractivity contribution in [3.63, 3.8) is 0 Å². The Kier molecular flexibility index (Phi) is 3.58. The van der Waals surface area contributed by atoms with E-state index in [1.54, 1.807) is 4.68 Å². The van der Waals surface area contributed by atoms with Gasteiger partial charge in [0.2, 0.25) is 5.16 Å². The van der Waals surface area contributed by atoms with Crippen LogP contribution in [-0.2, 0) is 12.8 Å². The fraction of sp³-hybridized carbons (Fsp3) is 0.231. The van der Waals surface area contributed by atoms with Crippen LogP contribution in [0.15, 0.2) is 29.4 Å². The molecule has 1 aromatic carbocycles. The van der Waals surface area contributed by atoms with E-state index in [9.17, 15) is 0 Å². The van der Waals surface area contributed by atoms with Gasteiger partial charge in [-0.2, -0.15) is 0 Å². The molecule has 3 rings (SSSR count). The smallest absolute Gasteiger partial charge is 0.209 e. The van der Waals surface area contributed by atoms with Crippen molar-refractivity contribution in [2.75, 3.05) is 0 Å². The van der Waals surface area contributed by atoms with Crippen molar-refractivity contribution in [1.82, 2.24) is 25.2 Å². The fourth-order valence-electron chi connectivity index (χ4n) is 1.88. The number of tetrazole rings is 1. The van der Waals surface area contributed by atoms with E-state index in [0.29, 0.717) is 10.9 Å². The van der Waals surface area contributed by atoms with E-state index in [1.807, 2.05) is 20.0 Å². The Balaban J connectivity index is 1.90. The fourth-order valence-corrected chi connectivity index (χ4v) is 3.00. The summed E-state index contributed by atoms with van der Waals surface area (Å²) in [6, 6.07) is 8.24. The van der Waals surface area contributed by atoms with Gasteiger partial charge in [-0.15, -0.1) is 5.10 Å². The number of hydrogen-bond acceptors (Lipinski definition) is 5. The minimum absolute atomic E-state index is 0.533. The first-order chi connectivity index (χ1) is 9.63. The second kappa shape index (κ2) is 5.38. The first-order valence-corrected chi connectivity index (χ1v) is 7.41. The lowest BCUT2D eigenvalue weighted by Crippen LogP contribution is -1.94. The topological polar surface area (TPSA) is 56.5 Å². The Hall–Kier alpha value is -1.66. The molecule has 0 spiro atoms. The first-order valence-electron chi connectivity index (χ1n) is 6.04. The number of aryl methyl sites for hydroxylation is 2. The number of aromatic nitrogens is 5. The zero-order valence-corrected chi connectivity index (χ0v) is 12.6. The third-order valence-corrected chi connectivity index (χ3v) is 4.32. The second-order valence-corrected chi connectivity index (χ2v) is 5.81. The number of rotatable bonds is 3. The lowest BCUT2D eigenvalue weighted by molar-refractivity contribution is 0.664. The van der Waals surface area contributed by atoms with E-state index >= 15 is 0 Å². The molecule has 5 nitrogen and oxygen atoms in total. The Morgan fingerprint density at radius 2 is 2.15 bits per heavy atom. The average Bonchev–Trinajstić information content (AvgIpc) is 2.82. The molecule has 3 aromatic rings. The summed E-state index contributed by atoms with van der Waals surface area (Å²) in [7, 11) is 1.81. The number of fused-ring (bicyclic) bond motifs is 1. The quantitative estimate of drug-likeness (QED) is 0.550. The van der Waals surface area contributed by atoms with Gasteiger partial charge in [0, 0.05) is 23.8 Å². The van der Waals surface area contributed by atoms with Gasteiger partial charge in [0.1, 0.15) is 5.15 Å². The summed E-state index contributed by atoms with van der Waals surface area (Å²) in [5.74, 6) is 0.684. The highest BCUT2D eigenvalue weighted by Crippen LogP contribution is 2.27. The monoisotopic (exact) mass is 305 g/mol. The SMILES string of the molecule is Cc1ccc2cc(CSc3nnnn3C)c(Cl)nc2c1. The normalized spacial score (nSPS) is 11.2. The van der Waals surface area contributed by atoms with Crippen LogP contribution in [0.2, 0.25) is 5.15 Å². The molecule has 0 aliphatic rings. The number of benzene rings is 1. The van der Waals surface area contributed by atoms with Gasteiger partial charge in [0.25, 0.3) is 0 Å². The molecule has 102 valence electrons. The van der Waals surface area contributed by atoms with Gasteiger partial charge in [-0.25, -0.2) is 9.67 Å². The molecular weight excluding hydrogens is 294 g/mol. The second-order valence-electron chi connectivity index (χ2n) is 4.51. The predicted molar refractivity (Wildman–Crippen MR) is 79.8 cm³/mol. The molecule has 0 fully saturated rings. The molecule has 0 bridgehead atoms. The Morgan fingerprint density at radius 1 is 1.30 bits per heavy atom. The standard InChI is InChI=1S/C13H12ClN5S/c1-8-3-4-9-6-10(12(14)15-11(9)5-8)7-20-13-16-17-18-19(13)2/h3-6H,7H2,1-2H3. The van der Waals surface area contributed by atoms with Gasteiger partial charge in [0.15, 0.2) is 0 Å². The molecule has 2 aromatic heterocycles. The van der Waals surface area contributed by atoms with Crippen LogP contribution in [-0.4, -0.2) is 25.2 Å². The highest BCUT2D eigenvalue weighted by molar-refractivity contribution is 7.98. The minimum atomic E-state index is 0.533. The highest BCUT2D eigenvalue weighted by Gasteiger charge is 2.09. The number of nitrogens with zero attached hydrogens (tertiary/aromatic N) is 5. The maximum absolute atomic E-state index is 6.25. The van der Waals surface area contributed by atoms with Crippen molar-refractivity contribution in [3.8, 4) is 0 Å². The predicted octanol–water partition coefficient (Wildman–Crippen LogP) is 3.01. The summed E-state index contributed by atoms with van der Waals surface area (Å²) < 4.78 is 1.64. The number of thioether (sulfide) groups is 1. The minimum Gasteiger partial charge on any atom is -0.236 e. The molecule has 20 heavy (non-hydrogen) atoms. The third kappa shape index (κ3) is 2.62. The zero-order valence-electron chi connectivity index (χ0n) is 11.0. The van der Waals surface area contributed by atoms with E-state index in [4.69, 9.17) is 11.6 Å². The lowest BCUT2D eigenvalue weighted by Gasteiger charge is -2.06. The molecule has 0 unspecified atom stereocenters. The van der Waals surface area contributed by atoms with E-state index in [0.717, 1.165) is 21.6 Å². The van der Waals surface area contributed by atoms with Crippen LogP contribution < -0.4 is 0 Å². The summed E-state index contributed by atoms with van der Waals surface area (Å²) in [6.07, 6.45) is 0. The molecule has 0 aliphatic carbocycles. The average molecular weight is 306 g/mol. The molecule has 0 radical (unpaired) electrons. The molecule has 0 saturated heterocycles. The summed E-state index contributed by atoms with van der Waals surface area (Å²) in [5, 5.41) is 13.7. The van der Waals surface area contributed by atoms with Gasteiger partial charge >= 0.3 is 0 Å². The molecule has 7 heteroatoms. The van der Waals surface area contributed by atoms with Crippen molar-refractivity contribution in [2.45, 2.75) is 17.8 Å². The number of pyridine rings is 1. The van der Waals surface area contributed by atoms with Crippen LogP contribution >= 0.6 is 23.4 Å². The van der Waals surface area contributed by atoms with Crippen LogP contribution in [0, 0.1) is 6.92 Å². The number of hydrogen-bond donors (Lipinski definition) is 0. The van der Waals surface area contributed by atoms with Gasteiger partial charge in [0.05, 0.1) is 5.52 Å².